The SMILES string of the molecule is CCN(CC)CCNC(C)(C(N)=O)c1ccc(F)c(Br)c1. The predicted molar refractivity (Wildman–Crippen MR) is 86.4 cm³/mol. The molecule has 4 nitrogen and oxygen atoms in total. The fourth-order valence-corrected chi connectivity index (χ4v) is 2.52. The smallest absolute Gasteiger partial charge is 0.242 e. The van der Waals surface area contributed by atoms with Crippen LogP contribution in [0.1, 0.15) is 26.3 Å². The molecule has 0 saturated heterocycles. The molecule has 0 saturated carbocycles. The first-order valence-corrected chi connectivity index (χ1v) is 7.87. The Balaban J connectivity index is 2.87. The van der Waals surface area contributed by atoms with Crippen molar-refractivity contribution in [3.63, 3.8) is 0 Å². The normalized spacial score (nSPS) is 14.2. The molecule has 0 aromatic heterocycles. The summed E-state index contributed by atoms with van der Waals surface area (Å²) in [4.78, 5) is 14.1. The quantitative estimate of drug-likeness (QED) is 0.748. The Hall–Kier alpha value is -0.980. The van der Waals surface area contributed by atoms with Crippen molar-refractivity contribution < 1.29 is 9.18 Å². The highest BCUT2D eigenvalue weighted by atomic mass is 79.9. The molecule has 1 atom stereocenters. The number of carbonyl (C=O) groups is 1. The molecule has 1 amide bonds. The molecule has 0 bridgehead atoms. The summed E-state index contributed by atoms with van der Waals surface area (Å²) in [7, 11) is 0. The van der Waals surface area contributed by atoms with Crippen molar-refractivity contribution in [3.8, 4) is 0 Å². The Morgan fingerprint density at radius 3 is 2.52 bits per heavy atom. The van der Waals surface area contributed by atoms with Crippen molar-refractivity contribution in [1.82, 2.24) is 10.2 Å². The highest BCUT2D eigenvalue weighted by Gasteiger charge is 2.33. The molecule has 21 heavy (non-hydrogen) atoms. The summed E-state index contributed by atoms with van der Waals surface area (Å²) in [6, 6.07) is 4.49. The zero-order valence-electron chi connectivity index (χ0n) is 12.7. The molecule has 6 heteroatoms. The second-order valence-electron chi connectivity index (χ2n) is 5.07. The zero-order chi connectivity index (χ0) is 16.0. The molecule has 1 aromatic carbocycles. The Morgan fingerprint density at radius 1 is 1.43 bits per heavy atom. The van der Waals surface area contributed by atoms with Crippen LogP contribution in [0.3, 0.4) is 0 Å². The van der Waals surface area contributed by atoms with E-state index in [-0.39, 0.29) is 5.82 Å². The van der Waals surface area contributed by atoms with Crippen molar-refractivity contribution in [2.45, 2.75) is 26.3 Å². The van der Waals surface area contributed by atoms with Crippen LogP contribution in [0.5, 0.6) is 0 Å². The Kier molecular flexibility index (Phi) is 6.77. The number of rotatable bonds is 8. The van der Waals surface area contributed by atoms with Crippen LogP contribution >= 0.6 is 15.9 Å². The van der Waals surface area contributed by atoms with E-state index in [0.717, 1.165) is 19.6 Å². The van der Waals surface area contributed by atoms with Crippen molar-refractivity contribution in [2.24, 2.45) is 5.73 Å². The van der Waals surface area contributed by atoms with Crippen molar-refractivity contribution in [3.05, 3.63) is 34.1 Å². The fraction of sp³-hybridized carbons (Fsp3) is 0.533. The van der Waals surface area contributed by atoms with E-state index in [1.807, 2.05) is 0 Å². The number of halogens is 2. The van der Waals surface area contributed by atoms with Gasteiger partial charge in [0, 0.05) is 13.1 Å². The summed E-state index contributed by atoms with van der Waals surface area (Å²) < 4.78 is 13.7. The van der Waals surface area contributed by atoms with Gasteiger partial charge in [-0.05, 0) is 53.6 Å². The van der Waals surface area contributed by atoms with Gasteiger partial charge in [0.05, 0.1) is 4.47 Å². The van der Waals surface area contributed by atoms with Crippen LogP contribution in [0.2, 0.25) is 0 Å². The van der Waals surface area contributed by atoms with Gasteiger partial charge in [-0.3, -0.25) is 10.1 Å². The maximum atomic E-state index is 13.3. The number of hydrogen-bond acceptors (Lipinski definition) is 3. The van der Waals surface area contributed by atoms with Gasteiger partial charge in [0.2, 0.25) is 5.91 Å². The lowest BCUT2D eigenvalue weighted by molar-refractivity contribution is -0.124. The van der Waals surface area contributed by atoms with E-state index in [9.17, 15) is 9.18 Å². The molecule has 0 spiro atoms. The van der Waals surface area contributed by atoms with Crippen molar-refractivity contribution in [2.75, 3.05) is 26.2 Å². The van der Waals surface area contributed by atoms with Crippen LogP contribution < -0.4 is 11.1 Å². The summed E-state index contributed by atoms with van der Waals surface area (Å²) in [5, 5.41) is 3.20. The zero-order valence-corrected chi connectivity index (χ0v) is 14.3. The number of hydrogen-bond donors (Lipinski definition) is 2. The van der Waals surface area contributed by atoms with Crippen LogP contribution in [0.4, 0.5) is 4.39 Å². The van der Waals surface area contributed by atoms with Gasteiger partial charge in [0.25, 0.3) is 0 Å². The highest BCUT2D eigenvalue weighted by Crippen LogP contribution is 2.25. The monoisotopic (exact) mass is 359 g/mol. The van der Waals surface area contributed by atoms with Gasteiger partial charge in [-0.2, -0.15) is 0 Å². The maximum absolute atomic E-state index is 13.3. The van der Waals surface area contributed by atoms with Crippen LogP contribution in [0.15, 0.2) is 22.7 Å². The Labute approximate surface area is 134 Å². The molecule has 0 fully saturated rings. The van der Waals surface area contributed by atoms with E-state index in [2.05, 4.69) is 40.0 Å². The number of nitrogens with two attached hydrogens (primary N) is 1. The van der Waals surface area contributed by atoms with Crippen LogP contribution in [-0.2, 0) is 10.3 Å². The molecular weight excluding hydrogens is 337 g/mol. The molecule has 118 valence electrons. The summed E-state index contributed by atoms with van der Waals surface area (Å²) in [5.74, 6) is -0.853. The first-order valence-electron chi connectivity index (χ1n) is 7.08. The van der Waals surface area contributed by atoms with Gasteiger partial charge in [0.1, 0.15) is 11.4 Å². The summed E-state index contributed by atoms with van der Waals surface area (Å²) in [6.45, 7) is 9.24. The van der Waals surface area contributed by atoms with Gasteiger partial charge >= 0.3 is 0 Å². The number of nitrogens with zero attached hydrogens (tertiary/aromatic N) is 1. The van der Waals surface area contributed by atoms with Gasteiger partial charge in [0.15, 0.2) is 0 Å². The third kappa shape index (κ3) is 4.49. The minimum atomic E-state index is -1.02. The topological polar surface area (TPSA) is 58.4 Å². The number of likely N-dealkylation sites (N-methyl/N-ethyl adjacent to an activating group) is 1. The Morgan fingerprint density at radius 2 is 2.05 bits per heavy atom. The molecule has 1 unspecified atom stereocenters. The molecule has 0 aliphatic rings. The maximum Gasteiger partial charge on any atom is 0.242 e. The molecule has 0 radical (unpaired) electrons. The molecule has 3 N–H and O–H groups in total. The fourth-order valence-electron chi connectivity index (χ4n) is 2.14. The molecule has 1 rings (SSSR count). The van der Waals surface area contributed by atoms with E-state index in [0.29, 0.717) is 16.6 Å². The summed E-state index contributed by atoms with van der Waals surface area (Å²) in [6.07, 6.45) is 0. The van der Waals surface area contributed by atoms with E-state index in [4.69, 9.17) is 5.73 Å². The van der Waals surface area contributed by atoms with Gasteiger partial charge in [-0.15, -0.1) is 0 Å². The average molecular weight is 360 g/mol. The predicted octanol–water partition coefficient (Wildman–Crippen LogP) is 2.22. The molecule has 0 aliphatic carbocycles. The number of amides is 1. The van der Waals surface area contributed by atoms with Crippen molar-refractivity contribution >= 4 is 21.8 Å². The van der Waals surface area contributed by atoms with Gasteiger partial charge in [-0.25, -0.2) is 4.39 Å². The lowest BCUT2D eigenvalue weighted by atomic mass is 9.91. The summed E-state index contributed by atoms with van der Waals surface area (Å²) >= 11 is 3.14. The molecule has 1 aromatic rings. The van der Waals surface area contributed by atoms with Crippen molar-refractivity contribution in [1.29, 1.82) is 0 Å². The second kappa shape index (κ2) is 7.87. The number of carbonyl (C=O) groups excluding carboxylic acids is 1. The number of nitrogens with one attached hydrogen (secondary N) is 1. The van der Waals surface area contributed by atoms with Crippen LogP contribution in [-0.4, -0.2) is 37.0 Å². The van der Waals surface area contributed by atoms with Gasteiger partial charge in [-0.1, -0.05) is 19.9 Å². The first-order chi connectivity index (χ1) is 9.85. The highest BCUT2D eigenvalue weighted by molar-refractivity contribution is 9.10. The summed E-state index contributed by atoms with van der Waals surface area (Å²) in [5.41, 5.74) is 5.17. The second-order valence-corrected chi connectivity index (χ2v) is 5.93. The van der Waals surface area contributed by atoms with E-state index in [1.165, 1.54) is 6.07 Å². The van der Waals surface area contributed by atoms with E-state index >= 15 is 0 Å². The molecule has 0 aliphatic heterocycles. The van der Waals surface area contributed by atoms with E-state index in [1.54, 1.807) is 19.1 Å². The first kappa shape index (κ1) is 18.1. The molecular formula is C15H23BrFN3O. The minimum absolute atomic E-state index is 0.318. The minimum Gasteiger partial charge on any atom is -0.368 e. The number of primary amides is 1. The average Bonchev–Trinajstić information content (AvgIpc) is 2.46. The molecule has 0 heterocycles. The van der Waals surface area contributed by atoms with Crippen LogP contribution in [0, 0.1) is 5.82 Å². The van der Waals surface area contributed by atoms with Crippen LogP contribution in [0.25, 0.3) is 0 Å². The largest absolute Gasteiger partial charge is 0.368 e. The number of benzene rings is 1. The third-order valence-corrected chi connectivity index (χ3v) is 4.40. The van der Waals surface area contributed by atoms with Gasteiger partial charge < -0.3 is 10.6 Å². The van der Waals surface area contributed by atoms with E-state index < -0.39 is 11.4 Å². The standard InChI is InChI=1S/C15H23BrFN3O/c1-4-20(5-2)9-8-19-15(3,14(18)21)11-6-7-13(17)12(16)10-11/h6-7,10,19H,4-5,8-9H2,1-3H3,(H2,18,21). The lowest BCUT2D eigenvalue weighted by Gasteiger charge is -2.30. The Bertz CT molecular complexity index is 494. The third-order valence-electron chi connectivity index (χ3n) is 3.79. The lowest BCUT2D eigenvalue weighted by Crippen LogP contribution is -2.52.